The molecule has 0 saturated carbocycles. The Morgan fingerprint density at radius 1 is 1.12 bits per heavy atom. The van der Waals surface area contributed by atoms with Crippen molar-refractivity contribution in [1.29, 1.82) is 0 Å². The maximum atomic E-state index is 12.6. The molecule has 1 aromatic rings. The fourth-order valence-corrected chi connectivity index (χ4v) is 3.26. The molecule has 1 N–H and O–H groups in total. The van der Waals surface area contributed by atoms with Gasteiger partial charge in [0, 0.05) is 17.5 Å². The molecular weight excluding hydrogens is 210 g/mol. The van der Waals surface area contributed by atoms with Crippen LogP contribution in [0.25, 0.3) is 0 Å². The molecule has 1 saturated heterocycles. The first kappa shape index (κ1) is 11.0. The number of nitrogens with one attached hydrogen (secondary N) is 1. The Morgan fingerprint density at radius 3 is 2.82 bits per heavy atom. The second kappa shape index (κ2) is 4.61. The summed E-state index contributed by atoms with van der Waals surface area (Å²) in [7, 11) is 0. The van der Waals surface area contributed by atoms with Crippen LogP contribution in [0.4, 0.5) is 0 Å². The summed E-state index contributed by atoms with van der Waals surface area (Å²) in [5, 5.41) is 3.49. The molecule has 1 heterocycles. The third-order valence-electron chi connectivity index (χ3n) is 4.16. The SMILES string of the molecule is O=C1c2ccccc2CCCC1C1CCCN1. The first-order chi connectivity index (χ1) is 8.36. The molecule has 1 aliphatic carbocycles. The summed E-state index contributed by atoms with van der Waals surface area (Å²) >= 11 is 0. The summed E-state index contributed by atoms with van der Waals surface area (Å²) in [6.07, 6.45) is 5.64. The first-order valence-corrected chi connectivity index (χ1v) is 6.72. The number of benzene rings is 1. The van der Waals surface area contributed by atoms with Gasteiger partial charge in [0.1, 0.15) is 0 Å². The molecule has 17 heavy (non-hydrogen) atoms. The largest absolute Gasteiger partial charge is 0.313 e. The minimum Gasteiger partial charge on any atom is -0.313 e. The van der Waals surface area contributed by atoms with E-state index in [0.29, 0.717) is 11.8 Å². The number of Topliss-reactive ketones (excluding diaryl/α,β-unsaturated/α-hetero) is 1. The zero-order valence-corrected chi connectivity index (χ0v) is 10.1. The number of rotatable bonds is 1. The molecule has 0 spiro atoms. The number of ketones is 1. The summed E-state index contributed by atoms with van der Waals surface area (Å²) in [6, 6.07) is 8.57. The van der Waals surface area contributed by atoms with Crippen molar-refractivity contribution in [3.05, 3.63) is 35.4 Å². The van der Waals surface area contributed by atoms with Gasteiger partial charge in [-0.05, 0) is 44.2 Å². The molecular formula is C15H19NO. The first-order valence-electron chi connectivity index (χ1n) is 6.72. The molecule has 2 atom stereocenters. The van der Waals surface area contributed by atoms with Gasteiger partial charge in [0.05, 0.1) is 0 Å². The number of aryl methyl sites for hydroxylation is 1. The van der Waals surface area contributed by atoms with Gasteiger partial charge >= 0.3 is 0 Å². The highest BCUT2D eigenvalue weighted by molar-refractivity contribution is 6.00. The van der Waals surface area contributed by atoms with Crippen LogP contribution in [-0.4, -0.2) is 18.4 Å². The molecule has 2 aliphatic rings. The molecule has 0 radical (unpaired) electrons. The Morgan fingerprint density at radius 2 is 2.00 bits per heavy atom. The summed E-state index contributed by atoms with van der Waals surface area (Å²) in [4.78, 5) is 12.6. The second-order valence-electron chi connectivity index (χ2n) is 5.22. The Kier molecular flexibility index (Phi) is 2.98. The van der Waals surface area contributed by atoms with Crippen molar-refractivity contribution in [1.82, 2.24) is 5.32 Å². The standard InChI is InChI=1S/C15H19NO/c17-15-12-7-2-1-5-11(12)6-3-8-13(15)14-9-4-10-16-14/h1-2,5,7,13-14,16H,3-4,6,8-10H2. The minimum absolute atomic E-state index is 0.209. The third-order valence-corrected chi connectivity index (χ3v) is 4.16. The molecule has 2 nitrogen and oxygen atoms in total. The summed E-state index contributed by atoms with van der Waals surface area (Å²) in [5.41, 5.74) is 2.22. The molecule has 2 heteroatoms. The van der Waals surface area contributed by atoms with E-state index in [4.69, 9.17) is 0 Å². The predicted octanol–water partition coefficient (Wildman–Crippen LogP) is 2.57. The van der Waals surface area contributed by atoms with Gasteiger partial charge in [-0.15, -0.1) is 0 Å². The zero-order chi connectivity index (χ0) is 11.7. The number of hydrogen-bond donors (Lipinski definition) is 1. The predicted molar refractivity (Wildman–Crippen MR) is 68.2 cm³/mol. The monoisotopic (exact) mass is 229 g/mol. The second-order valence-corrected chi connectivity index (χ2v) is 5.22. The fourth-order valence-electron chi connectivity index (χ4n) is 3.26. The van der Waals surface area contributed by atoms with E-state index in [0.717, 1.165) is 31.4 Å². The molecule has 1 fully saturated rings. The van der Waals surface area contributed by atoms with E-state index in [1.54, 1.807) is 0 Å². The van der Waals surface area contributed by atoms with Crippen molar-refractivity contribution in [2.24, 2.45) is 5.92 Å². The van der Waals surface area contributed by atoms with Gasteiger partial charge in [-0.3, -0.25) is 4.79 Å². The van der Waals surface area contributed by atoms with Crippen LogP contribution in [0.15, 0.2) is 24.3 Å². The number of carbonyl (C=O) groups excluding carboxylic acids is 1. The van der Waals surface area contributed by atoms with Crippen molar-refractivity contribution >= 4 is 5.78 Å². The lowest BCUT2D eigenvalue weighted by Gasteiger charge is -2.21. The molecule has 1 aliphatic heterocycles. The Labute approximate surface area is 102 Å². The molecule has 0 amide bonds. The van der Waals surface area contributed by atoms with Crippen molar-refractivity contribution in [3.8, 4) is 0 Å². The van der Waals surface area contributed by atoms with Gasteiger partial charge in [0.25, 0.3) is 0 Å². The highest BCUT2D eigenvalue weighted by atomic mass is 16.1. The number of carbonyl (C=O) groups is 1. The van der Waals surface area contributed by atoms with Crippen LogP contribution in [0.1, 0.15) is 41.6 Å². The van der Waals surface area contributed by atoms with E-state index in [-0.39, 0.29) is 5.92 Å². The molecule has 1 aromatic carbocycles. The van der Waals surface area contributed by atoms with Crippen LogP contribution in [-0.2, 0) is 6.42 Å². The van der Waals surface area contributed by atoms with E-state index in [1.165, 1.54) is 18.4 Å². The molecule has 0 bridgehead atoms. The van der Waals surface area contributed by atoms with Crippen molar-refractivity contribution in [2.45, 2.75) is 38.1 Å². The number of fused-ring (bicyclic) bond motifs is 1. The lowest BCUT2D eigenvalue weighted by Crippen LogP contribution is -2.35. The Bertz CT molecular complexity index is 421. The molecule has 90 valence electrons. The Balaban J connectivity index is 1.91. The average molecular weight is 229 g/mol. The van der Waals surface area contributed by atoms with Gasteiger partial charge in [-0.1, -0.05) is 24.3 Å². The highest BCUT2D eigenvalue weighted by Gasteiger charge is 2.32. The summed E-state index contributed by atoms with van der Waals surface area (Å²) < 4.78 is 0. The maximum absolute atomic E-state index is 12.6. The van der Waals surface area contributed by atoms with E-state index < -0.39 is 0 Å². The van der Waals surface area contributed by atoms with Crippen LogP contribution >= 0.6 is 0 Å². The molecule has 2 unspecified atom stereocenters. The smallest absolute Gasteiger partial charge is 0.167 e. The lowest BCUT2D eigenvalue weighted by atomic mass is 9.88. The summed E-state index contributed by atoms with van der Waals surface area (Å²) in [5.74, 6) is 0.582. The van der Waals surface area contributed by atoms with E-state index >= 15 is 0 Å². The third kappa shape index (κ3) is 2.02. The Hall–Kier alpha value is -1.15. The van der Waals surface area contributed by atoms with Gasteiger partial charge < -0.3 is 5.32 Å². The summed E-state index contributed by atoms with van der Waals surface area (Å²) in [6.45, 7) is 1.08. The lowest BCUT2D eigenvalue weighted by molar-refractivity contribution is 0.0890. The van der Waals surface area contributed by atoms with E-state index in [1.807, 2.05) is 18.2 Å². The quantitative estimate of drug-likeness (QED) is 0.750. The van der Waals surface area contributed by atoms with Crippen LogP contribution < -0.4 is 5.32 Å². The van der Waals surface area contributed by atoms with Crippen molar-refractivity contribution in [3.63, 3.8) is 0 Å². The van der Waals surface area contributed by atoms with Crippen LogP contribution in [0.3, 0.4) is 0 Å². The normalized spacial score (nSPS) is 28.8. The number of hydrogen-bond acceptors (Lipinski definition) is 2. The van der Waals surface area contributed by atoms with Gasteiger partial charge in [0.15, 0.2) is 5.78 Å². The van der Waals surface area contributed by atoms with E-state index in [9.17, 15) is 4.79 Å². The van der Waals surface area contributed by atoms with Crippen LogP contribution in [0, 0.1) is 5.92 Å². The molecule has 0 aromatic heterocycles. The molecule has 3 rings (SSSR count). The fraction of sp³-hybridized carbons (Fsp3) is 0.533. The van der Waals surface area contributed by atoms with Crippen molar-refractivity contribution < 1.29 is 4.79 Å². The highest BCUT2D eigenvalue weighted by Crippen LogP contribution is 2.29. The zero-order valence-electron chi connectivity index (χ0n) is 10.1. The van der Waals surface area contributed by atoms with E-state index in [2.05, 4.69) is 11.4 Å². The minimum atomic E-state index is 0.209. The topological polar surface area (TPSA) is 29.1 Å². The van der Waals surface area contributed by atoms with Gasteiger partial charge in [0.2, 0.25) is 0 Å². The van der Waals surface area contributed by atoms with Gasteiger partial charge in [-0.2, -0.15) is 0 Å². The van der Waals surface area contributed by atoms with Crippen LogP contribution in [0.5, 0.6) is 0 Å². The average Bonchev–Trinajstić information content (AvgIpc) is 2.83. The maximum Gasteiger partial charge on any atom is 0.167 e. The van der Waals surface area contributed by atoms with Crippen molar-refractivity contribution in [2.75, 3.05) is 6.54 Å². The van der Waals surface area contributed by atoms with Crippen LogP contribution in [0.2, 0.25) is 0 Å². The van der Waals surface area contributed by atoms with Gasteiger partial charge in [-0.25, -0.2) is 0 Å².